The lowest BCUT2D eigenvalue weighted by Crippen LogP contribution is -2.36. The van der Waals surface area contributed by atoms with E-state index in [9.17, 15) is 4.79 Å². The molecule has 1 heterocycles. The SMILES string of the molecule is COCCNc1cc(C(=O)N(Cc2ccccc2)C(C)C)ccn1. The second-order valence-electron chi connectivity index (χ2n) is 5.86. The standard InChI is InChI=1S/C19H25N3O2/c1-15(2)22(14-16-7-5-4-6-8-16)19(23)17-9-10-20-18(13-17)21-11-12-24-3/h4-10,13,15H,11-12,14H2,1-3H3,(H,20,21). The molecule has 0 unspecified atom stereocenters. The van der Waals surface area contributed by atoms with Crippen molar-refractivity contribution < 1.29 is 9.53 Å². The lowest BCUT2D eigenvalue weighted by atomic mass is 10.1. The first-order valence-corrected chi connectivity index (χ1v) is 8.15. The van der Waals surface area contributed by atoms with Crippen LogP contribution in [0.25, 0.3) is 0 Å². The third-order valence-corrected chi connectivity index (χ3v) is 3.70. The summed E-state index contributed by atoms with van der Waals surface area (Å²) in [7, 11) is 1.65. The summed E-state index contributed by atoms with van der Waals surface area (Å²) in [5, 5.41) is 3.15. The van der Waals surface area contributed by atoms with Crippen molar-refractivity contribution in [2.45, 2.75) is 26.4 Å². The number of pyridine rings is 1. The van der Waals surface area contributed by atoms with Gasteiger partial charge in [-0.3, -0.25) is 4.79 Å². The van der Waals surface area contributed by atoms with E-state index < -0.39 is 0 Å². The lowest BCUT2D eigenvalue weighted by molar-refractivity contribution is 0.0690. The Kier molecular flexibility index (Phi) is 6.75. The van der Waals surface area contributed by atoms with Gasteiger partial charge in [-0.05, 0) is 31.5 Å². The minimum Gasteiger partial charge on any atom is -0.383 e. The highest BCUT2D eigenvalue weighted by molar-refractivity contribution is 5.95. The quantitative estimate of drug-likeness (QED) is 0.757. The number of nitrogens with one attached hydrogen (secondary N) is 1. The Hall–Kier alpha value is -2.40. The summed E-state index contributed by atoms with van der Waals surface area (Å²) < 4.78 is 5.01. The minimum absolute atomic E-state index is 0.00560. The van der Waals surface area contributed by atoms with Gasteiger partial charge in [0.2, 0.25) is 0 Å². The number of carbonyl (C=O) groups excluding carboxylic acids is 1. The zero-order valence-electron chi connectivity index (χ0n) is 14.5. The average Bonchev–Trinajstić information content (AvgIpc) is 2.60. The molecular formula is C19H25N3O2. The van der Waals surface area contributed by atoms with Gasteiger partial charge in [-0.25, -0.2) is 4.98 Å². The van der Waals surface area contributed by atoms with Crippen LogP contribution in [-0.4, -0.2) is 42.1 Å². The minimum atomic E-state index is 0.00560. The molecule has 1 aromatic heterocycles. The van der Waals surface area contributed by atoms with Crippen LogP contribution in [0.15, 0.2) is 48.7 Å². The van der Waals surface area contributed by atoms with Crippen molar-refractivity contribution in [1.29, 1.82) is 0 Å². The van der Waals surface area contributed by atoms with Crippen LogP contribution in [0, 0.1) is 0 Å². The number of amides is 1. The number of rotatable bonds is 8. The van der Waals surface area contributed by atoms with Crippen LogP contribution in [-0.2, 0) is 11.3 Å². The molecule has 24 heavy (non-hydrogen) atoms. The van der Waals surface area contributed by atoms with Gasteiger partial charge in [0, 0.05) is 38.0 Å². The van der Waals surface area contributed by atoms with Crippen molar-refractivity contribution in [2.24, 2.45) is 0 Å². The fourth-order valence-electron chi connectivity index (χ4n) is 2.38. The first-order chi connectivity index (χ1) is 11.6. The molecule has 0 saturated heterocycles. The lowest BCUT2D eigenvalue weighted by Gasteiger charge is -2.27. The summed E-state index contributed by atoms with van der Waals surface area (Å²) in [6, 6.07) is 13.7. The van der Waals surface area contributed by atoms with Gasteiger partial charge < -0.3 is 15.0 Å². The zero-order valence-corrected chi connectivity index (χ0v) is 14.5. The second kappa shape index (κ2) is 9.03. The van der Waals surface area contributed by atoms with E-state index in [-0.39, 0.29) is 11.9 Å². The third-order valence-electron chi connectivity index (χ3n) is 3.70. The van der Waals surface area contributed by atoms with Crippen LogP contribution < -0.4 is 5.32 Å². The van der Waals surface area contributed by atoms with Gasteiger partial charge in [0.25, 0.3) is 5.91 Å². The van der Waals surface area contributed by atoms with Gasteiger partial charge in [-0.1, -0.05) is 30.3 Å². The van der Waals surface area contributed by atoms with E-state index in [0.29, 0.717) is 31.1 Å². The number of hydrogen-bond acceptors (Lipinski definition) is 4. The molecule has 0 atom stereocenters. The highest BCUT2D eigenvalue weighted by atomic mass is 16.5. The molecule has 0 radical (unpaired) electrons. The molecule has 0 aliphatic heterocycles. The van der Waals surface area contributed by atoms with E-state index in [1.807, 2.05) is 49.1 Å². The molecule has 0 fully saturated rings. The number of nitrogens with zero attached hydrogens (tertiary/aromatic N) is 2. The smallest absolute Gasteiger partial charge is 0.254 e. The molecule has 128 valence electrons. The van der Waals surface area contributed by atoms with Crippen LogP contribution in [0.3, 0.4) is 0 Å². The molecule has 1 aromatic carbocycles. The Morgan fingerprint density at radius 2 is 2.00 bits per heavy atom. The van der Waals surface area contributed by atoms with Crippen molar-refractivity contribution in [1.82, 2.24) is 9.88 Å². The first-order valence-electron chi connectivity index (χ1n) is 8.15. The topological polar surface area (TPSA) is 54.5 Å². The number of benzene rings is 1. The predicted molar refractivity (Wildman–Crippen MR) is 96.1 cm³/mol. The number of methoxy groups -OCH3 is 1. The maximum Gasteiger partial charge on any atom is 0.254 e. The van der Waals surface area contributed by atoms with Gasteiger partial charge in [0.15, 0.2) is 0 Å². The summed E-state index contributed by atoms with van der Waals surface area (Å²) in [6.45, 7) is 5.89. The number of ether oxygens (including phenoxy) is 1. The van der Waals surface area contributed by atoms with E-state index >= 15 is 0 Å². The zero-order chi connectivity index (χ0) is 17.4. The molecule has 1 N–H and O–H groups in total. The molecule has 0 bridgehead atoms. The molecule has 1 amide bonds. The van der Waals surface area contributed by atoms with Crippen molar-refractivity contribution in [3.8, 4) is 0 Å². The van der Waals surface area contributed by atoms with Crippen LogP contribution in [0.2, 0.25) is 0 Å². The van der Waals surface area contributed by atoms with Crippen LogP contribution in [0.5, 0.6) is 0 Å². The van der Waals surface area contributed by atoms with Crippen LogP contribution in [0.1, 0.15) is 29.8 Å². The highest BCUT2D eigenvalue weighted by Gasteiger charge is 2.19. The van der Waals surface area contributed by atoms with E-state index in [1.165, 1.54) is 0 Å². The summed E-state index contributed by atoms with van der Waals surface area (Å²) in [4.78, 5) is 19.0. The van der Waals surface area contributed by atoms with Crippen molar-refractivity contribution in [3.05, 3.63) is 59.8 Å². The molecule has 2 aromatic rings. The maximum atomic E-state index is 12.9. The molecule has 5 nitrogen and oxygen atoms in total. The summed E-state index contributed by atoms with van der Waals surface area (Å²) in [5.41, 5.74) is 1.75. The van der Waals surface area contributed by atoms with Crippen molar-refractivity contribution >= 4 is 11.7 Å². The largest absolute Gasteiger partial charge is 0.383 e. The number of aromatic nitrogens is 1. The molecule has 0 saturated carbocycles. The Morgan fingerprint density at radius 3 is 2.67 bits per heavy atom. The number of hydrogen-bond donors (Lipinski definition) is 1. The molecule has 0 aliphatic carbocycles. The van der Waals surface area contributed by atoms with E-state index in [2.05, 4.69) is 10.3 Å². The van der Waals surface area contributed by atoms with Crippen molar-refractivity contribution in [3.63, 3.8) is 0 Å². The van der Waals surface area contributed by atoms with Gasteiger partial charge in [0.05, 0.1) is 6.61 Å². The number of anilines is 1. The Morgan fingerprint density at radius 1 is 1.25 bits per heavy atom. The van der Waals surface area contributed by atoms with E-state index in [4.69, 9.17) is 4.74 Å². The molecule has 0 aliphatic rings. The summed E-state index contributed by atoms with van der Waals surface area (Å²) in [5.74, 6) is 0.687. The fourth-order valence-corrected chi connectivity index (χ4v) is 2.38. The van der Waals surface area contributed by atoms with Gasteiger partial charge in [-0.2, -0.15) is 0 Å². The fraction of sp³-hybridized carbons (Fsp3) is 0.368. The highest BCUT2D eigenvalue weighted by Crippen LogP contribution is 2.15. The average molecular weight is 327 g/mol. The summed E-state index contributed by atoms with van der Waals surface area (Å²) >= 11 is 0. The second-order valence-corrected chi connectivity index (χ2v) is 5.86. The van der Waals surface area contributed by atoms with E-state index in [1.54, 1.807) is 25.4 Å². The summed E-state index contributed by atoms with van der Waals surface area (Å²) in [6.07, 6.45) is 1.66. The van der Waals surface area contributed by atoms with E-state index in [0.717, 1.165) is 5.56 Å². The third kappa shape index (κ3) is 5.06. The Balaban J connectivity index is 2.13. The van der Waals surface area contributed by atoms with Gasteiger partial charge >= 0.3 is 0 Å². The van der Waals surface area contributed by atoms with Crippen molar-refractivity contribution in [2.75, 3.05) is 25.6 Å². The van der Waals surface area contributed by atoms with Crippen LogP contribution in [0.4, 0.5) is 5.82 Å². The molecule has 5 heteroatoms. The Bertz CT molecular complexity index is 644. The monoisotopic (exact) mass is 327 g/mol. The Labute approximate surface area is 143 Å². The van der Waals surface area contributed by atoms with Gasteiger partial charge in [-0.15, -0.1) is 0 Å². The van der Waals surface area contributed by atoms with Crippen LogP contribution >= 0.6 is 0 Å². The molecule has 2 rings (SSSR count). The predicted octanol–water partition coefficient (Wildman–Crippen LogP) is 3.19. The normalized spacial score (nSPS) is 10.7. The molecule has 0 spiro atoms. The molecular weight excluding hydrogens is 302 g/mol. The first kappa shape index (κ1) is 17.9. The van der Waals surface area contributed by atoms with Gasteiger partial charge in [0.1, 0.15) is 5.82 Å². The number of carbonyl (C=O) groups is 1. The maximum absolute atomic E-state index is 12.9.